The fourth-order valence-corrected chi connectivity index (χ4v) is 3.23. The summed E-state index contributed by atoms with van der Waals surface area (Å²) >= 11 is 1.56. The zero-order valence-electron chi connectivity index (χ0n) is 15.0. The number of aromatic nitrogens is 4. The van der Waals surface area contributed by atoms with Crippen LogP contribution in [0.2, 0.25) is 0 Å². The van der Waals surface area contributed by atoms with Crippen LogP contribution in [0.15, 0.2) is 53.8 Å². The minimum Gasteiger partial charge on any atom is -0.486 e. The van der Waals surface area contributed by atoms with Crippen LogP contribution in [0.4, 0.5) is 0 Å². The molecule has 0 aliphatic heterocycles. The Morgan fingerprint density at radius 2 is 1.92 bits per heavy atom. The first-order valence-corrected chi connectivity index (χ1v) is 9.57. The zero-order valence-corrected chi connectivity index (χ0v) is 15.8. The van der Waals surface area contributed by atoms with Gasteiger partial charge in [-0.05, 0) is 42.2 Å². The van der Waals surface area contributed by atoms with Crippen LogP contribution >= 0.6 is 11.8 Å². The van der Waals surface area contributed by atoms with Gasteiger partial charge < -0.3 is 10.6 Å². The summed E-state index contributed by atoms with van der Waals surface area (Å²) in [5.74, 6) is 8.81. The van der Waals surface area contributed by atoms with E-state index in [9.17, 15) is 0 Å². The van der Waals surface area contributed by atoms with Gasteiger partial charge in [0.25, 0.3) is 0 Å². The second-order valence-corrected chi connectivity index (χ2v) is 7.26. The number of aryl methyl sites for hydroxylation is 1. The Morgan fingerprint density at radius 3 is 2.62 bits per heavy atom. The average molecular weight is 369 g/mol. The van der Waals surface area contributed by atoms with Crippen LogP contribution in [0.25, 0.3) is 0 Å². The topological polar surface area (TPSA) is 78.9 Å². The summed E-state index contributed by atoms with van der Waals surface area (Å²) < 4.78 is 7.26. The van der Waals surface area contributed by atoms with E-state index >= 15 is 0 Å². The summed E-state index contributed by atoms with van der Waals surface area (Å²) in [6.45, 7) is 4.62. The van der Waals surface area contributed by atoms with Crippen LogP contribution in [0, 0.1) is 0 Å². The van der Waals surface area contributed by atoms with Gasteiger partial charge in [0, 0.05) is 17.6 Å². The number of hydrogen-bond acceptors (Lipinski definition) is 6. The van der Waals surface area contributed by atoms with Gasteiger partial charge in [-0.15, -0.1) is 10.2 Å². The van der Waals surface area contributed by atoms with E-state index in [4.69, 9.17) is 10.6 Å². The SMILES string of the molecule is CC(C)c1ccc(OCc2nnc(SCCc3ccccn3)n2N)cc1. The Labute approximate surface area is 157 Å². The molecule has 0 unspecified atom stereocenters. The predicted octanol–water partition coefficient (Wildman–Crippen LogP) is 3.42. The molecule has 3 aromatic rings. The molecule has 0 saturated carbocycles. The molecular weight excluding hydrogens is 346 g/mol. The van der Waals surface area contributed by atoms with Gasteiger partial charge >= 0.3 is 0 Å². The monoisotopic (exact) mass is 369 g/mol. The lowest BCUT2D eigenvalue weighted by Gasteiger charge is -2.09. The number of pyridine rings is 1. The second kappa shape index (κ2) is 8.71. The van der Waals surface area contributed by atoms with Gasteiger partial charge in [0.1, 0.15) is 12.4 Å². The highest BCUT2D eigenvalue weighted by Crippen LogP contribution is 2.20. The maximum atomic E-state index is 6.09. The van der Waals surface area contributed by atoms with E-state index in [1.165, 1.54) is 10.2 Å². The molecule has 0 radical (unpaired) electrons. The Morgan fingerprint density at radius 1 is 1.12 bits per heavy atom. The maximum Gasteiger partial charge on any atom is 0.209 e. The Bertz CT molecular complexity index is 818. The van der Waals surface area contributed by atoms with E-state index in [0.29, 0.717) is 16.9 Å². The smallest absolute Gasteiger partial charge is 0.209 e. The fraction of sp³-hybridized carbons (Fsp3) is 0.316. The molecule has 136 valence electrons. The third kappa shape index (κ3) is 4.76. The van der Waals surface area contributed by atoms with Crippen molar-refractivity contribution in [3.8, 4) is 5.75 Å². The third-order valence-electron chi connectivity index (χ3n) is 3.97. The Balaban J connectivity index is 1.51. The first kappa shape index (κ1) is 18.3. The van der Waals surface area contributed by atoms with Gasteiger partial charge in [0.2, 0.25) is 5.16 Å². The molecule has 0 aliphatic rings. The number of ether oxygens (including phenoxy) is 1. The first-order chi connectivity index (χ1) is 12.6. The molecule has 2 heterocycles. The molecule has 2 aromatic heterocycles. The fourth-order valence-electron chi connectivity index (χ4n) is 2.39. The molecule has 0 aliphatic carbocycles. The highest BCUT2D eigenvalue weighted by molar-refractivity contribution is 7.99. The number of rotatable bonds is 8. The molecule has 0 bridgehead atoms. The van der Waals surface area contributed by atoms with Crippen LogP contribution in [0.5, 0.6) is 5.75 Å². The highest BCUT2D eigenvalue weighted by atomic mass is 32.2. The summed E-state index contributed by atoms with van der Waals surface area (Å²) in [4.78, 5) is 4.31. The van der Waals surface area contributed by atoms with E-state index in [1.54, 1.807) is 18.0 Å². The van der Waals surface area contributed by atoms with E-state index in [-0.39, 0.29) is 6.61 Å². The van der Waals surface area contributed by atoms with Crippen molar-refractivity contribution in [3.05, 3.63) is 65.7 Å². The molecule has 0 saturated heterocycles. The predicted molar refractivity (Wildman–Crippen MR) is 104 cm³/mol. The molecule has 3 rings (SSSR count). The van der Waals surface area contributed by atoms with Crippen LogP contribution in [-0.4, -0.2) is 25.6 Å². The van der Waals surface area contributed by atoms with Gasteiger partial charge in [0.15, 0.2) is 5.82 Å². The van der Waals surface area contributed by atoms with Crippen LogP contribution < -0.4 is 10.6 Å². The van der Waals surface area contributed by atoms with Crippen molar-refractivity contribution < 1.29 is 4.74 Å². The standard InChI is InChI=1S/C19H23N5OS/c1-14(2)15-6-8-17(9-7-15)25-13-18-22-23-19(24(18)20)26-12-10-16-5-3-4-11-21-16/h3-9,11,14H,10,12-13,20H2,1-2H3. The molecule has 26 heavy (non-hydrogen) atoms. The summed E-state index contributed by atoms with van der Waals surface area (Å²) in [6.07, 6.45) is 2.65. The lowest BCUT2D eigenvalue weighted by Crippen LogP contribution is -2.16. The summed E-state index contributed by atoms with van der Waals surface area (Å²) in [5, 5.41) is 8.95. The van der Waals surface area contributed by atoms with Crippen molar-refractivity contribution in [2.24, 2.45) is 0 Å². The largest absolute Gasteiger partial charge is 0.486 e. The van der Waals surface area contributed by atoms with Crippen molar-refractivity contribution in [1.29, 1.82) is 0 Å². The minimum absolute atomic E-state index is 0.283. The van der Waals surface area contributed by atoms with Gasteiger partial charge in [0.05, 0.1) is 0 Å². The summed E-state index contributed by atoms with van der Waals surface area (Å²) in [7, 11) is 0. The summed E-state index contributed by atoms with van der Waals surface area (Å²) in [6, 6.07) is 14.0. The zero-order chi connectivity index (χ0) is 18.4. The van der Waals surface area contributed by atoms with Crippen molar-refractivity contribution >= 4 is 11.8 Å². The van der Waals surface area contributed by atoms with Crippen LogP contribution in [0.1, 0.15) is 36.8 Å². The Kier molecular flexibility index (Phi) is 6.12. The van der Waals surface area contributed by atoms with E-state index in [2.05, 4.69) is 41.2 Å². The molecule has 0 spiro atoms. The first-order valence-electron chi connectivity index (χ1n) is 8.58. The second-order valence-electron chi connectivity index (χ2n) is 6.20. The number of benzene rings is 1. The molecule has 1 aromatic carbocycles. The maximum absolute atomic E-state index is 6.09. The van der Waals surface area contributed by atoms with Gasteiger partial charge in [-0.25, -0.2) is 4.68 Å². The van der Waals surface area contributed by atoms with Gasteiger partial charge in [-0.1, -0.05) is 43.8 Å². The summed E-state index contributed by atoms with van der Waals surface area (Å²) in [5.41, 5.74) is 2.34. The normalized spacial score (nSPS) is 11.0. The average Bonchev–Trinajstić information content (AvgIpc) is 3.01. The number of nitrogens with two attached hydrogens (primary N) is 1. The van der Waals surface area contributed by atoms with Gasteiger partial charge in [-0.3, -0.25) is 4.98 Å². The van der Waals surface area contributed by atoms with Crippen molar-refractivity contribution in [2.45, 2.75) is 37.9 Å². The molecule has 0 fully saturated rings. The van der Waals surface area contributed by atoms with Crippen LogP contribution in [-0.2, 0) is 13.0 Å². The number of nitrogens with zero attached hydrogens (tertiary/aromatic N) is 4. The highest BCUT2D eigenvalue weighted by Gasteiger charge is 2.11. The van der Waals surface area contributed by atoms with E-state index in [0.717, 1.165) is 23.6 Å². The molecule has 0 amide bonds. The Hall–Kier alpha value is -2.54. The minimum atomic E-state index is 0.283. The number of nitrogen functional groups attached to an aromatic ring is 1. The third-order valence-corrected chi connectivity index (χ3v) is 4.91. The molecular formula is C19H23N5OS. The van der Waals surface area contributed by atoms with Gasteiger partial charge in [-0.2, -0.15) is 0 Å². The number of thioether (sulfide) groups is 1. The molecule has 6 nitrogen and oxygen atoms in total. The molecule has 2 N–H and O–H groups in total. The lowest BCUT2D eigenvalue weighted by atomic mass is 10.0. The number of hydrogen-bond donors (Lipinski definition) is 1. The quantitative estimate of drug-likeness (QED) is 0.484. The van der Waals surface area contributed by atoms with Crippen molar-refractivity contribution in [2.75, 3.05) is 11.6 Å². The molecule has 7 heteroatoms. The van der Waals surface area contributed by atoms with E-state index < -0.39 is 0 Å². The lowest BCUT2D eigenvalue weighted by molar-refractivity contribution is 0.291. The van der Waals surface area contributed by atoms with Crippen molar-refractivity contribution in [1.82, 2.24) is 19.9 Å². The van der Waals surface area contributed by atoms with Crippen molar-refractivity contribution in [3.63, 3.8) is 0 Å². The molecule has 0 atom stereocenters. The van der Waals surface area contributed by atoms with Crippen LogP contribution in [0.3, 0.4) is 0 Å². The van der Waals surface area contributed by atoms with E-state index in [1.807, 2.05) is 30.3 Å².